The average Bonchev–Trinajstić information content (AvgIpc) is 2.61. The molecule has 0 aliphatic rings. The van der Waals surface area contributed by atoms with Crippen LogP contribution in [0.5, 0.6) is 11.5 Å². The van der Waals surface area contributed by atoms with Gasteiger partial charge in [-0.2, -0.15) is 0 Å². The second-order valence-corrected chi connectivity index (χ2v) is 5.27. The standard InChI is InChI=1S/C18H20FNO3.C2H6/c1-12-7-16(5-3-14(12)4-6-18(21)22-2)23-17-9-13(11-20)8-15(19)10-17;1-2/h3,5,7-10H,4,6,11,20H2,1-2H3;1-2H3. The van der Waals surface area contributed by atoms with Crippen LogP contribution in [0.4, 0.5) is 4.39 Å². The summed E-state index contributed by atoms with van der Waals surface area (Å²) in [4.78, 5) is 11.2. The van der Waals surface area contributed by atoms with Crippen LogP contribution in [0.2, 0.25) is 0 Å². The molecule has 0 unspecified atom stereocenters. The number of carbonyl (C=O) groups is 1. The molecule has 136 valence electrons. The third-order valence-corrected chi connectivity index (χ3v) is 3.54. The van der Waals surface area contributed by atoms with Crippen LogP contribution < -0.4 is 10.5 Å². The minimum absolute atomic E-state index is 0.237. The third kappa shape index (κ3) is 6.55. The molecule has 0 saturated carbocycles. The zero-order valence-electron chi connectivity index (χ0n) is 15.3. The molecule has 25 heavy (non-hydrogen) atoms. The molecule has 2 aromatic rings. The van der Waals surface area contributed by atoms with Gasteiger partial charge in [0.15, 0.2) is 0 Å². The van der Waals surface area contributed by atoms with Crippen molar-refractivity contribution in [2.45, 2.75) is 40.2 Å². The predicted octanol–water partition coefficient (Wildman–Crippen LogP) is 4.52. The van der Waals surface area contributed by atoms with Crippen molar-refractivity contribution in [1.29, 1.82) is 0 Å². The van der Waals surface area contributed by atoms with E-state index in [4.69, 9.17) is 10.5 Å². The summed E-state index contributed by atoms with van der Waals surface area (Å²) in [5, 5.41) is 0. The fourth-order valence-corrected chi connectivity index (χ4v) is 2.28. The molecule has 0 saturated heterocycles. The molecule has 2 rings (SSSR count). The maximum absolute atomic E-state index is 13.5. The van der Waals surface area contributed by atoms with Crippen molar-refractivity contribution in [3.05, 3.63) is 58.9 Å². The molecule has 0 bridgehead atoms. The number of rotatable bonds is 6. The fourth-order valence-electron chi connectivity index (χ4n) is 2.28. The van der Waals surface area contributed by atoms with Gasteiger partial charge in [-0.05, 0) is 54.3 Å². The van der Waals surface area contributed by atoms with E-state index >= 15 is 0 Å². The molecule has 0 aliphatic carbocycles. The molecule has 0 amide bonds. The smallest absolute Gasteiger partial charge is 0.305 e. The van der Waals surface area contributed by atoms with Gasteiger partial charge in [0.05, 0.1) is 7.11 Å². The Morgan fingerprint density at radius 2 is 1.84 bits per heavy atom. The van der Waals surface area contributed by atoms with E-state index in [2.05, 4.69) is 4.74 Å². The first-order chi connectivity index (χ1) is 12.0. The van der Waals surface area contributed by atoms with Gasteiger partial charge in [0.1, 0.15) is 17.3 Å². The number of methoxy groups -OCH3 is 1. The van der Waals surface area contributed by atoms with Gasteiger partial charge in [0.25, 0.3) is 0 Å². The zero-order chi connectivity index (χ0) is 18.8. The first-order valence-electron chi connectivity index (χ1n) is 8.35. The van der Waals surface area contributed by atoms with Crippen molar-refractivity contribution in [2.24, 2.45) is 5.73 Å². The molecule has 2 aromatic carbocycles. The van der Waals surface area contributed by atoms with Crippen molar-refractivity contribution in [1.82, 2.24) is 0 Å². The van der Waals surface area contributed by atoms with Gasteiger partial charge in [0, 0.05) is 19.0 Å². The lowest BCUT2D eigenvalue weighted by Gasteiger charge is -2.11. The first-order valence-corrected chi connectivity index (χ1v) is 8.35. The molecule has 0 heterocycles. The second-order valence-electron chi connectivity index (χ2n) is 5.27. The molecule has 5 heteroatoms. The fraction of sp³-hybridized carbons (Fsp3) is 0.350. The Hall–Kier alpha value is -2.40. The molecular weight excluding hydrogens is 321 g/mol. The van der Waals surface area contributed by atoms with Gasteiger partial charge < -0.3 is 15.2 Å². The summed E-state index contributed by atoms with van der Waals surface area (Å²) in [6.07, 6.45) is 0.942. The summed E-state index contributed by atoms with van der Waals surface area (Å²) in [7, 11) is 1.38. The minimum atomic E-state index is -0.380. The molecule has 0 spiro atoms. The van der Waals surface area contributed by atoms with E-state index in [0.29, 0.717) is 29.9 Å². The van der Waals surface area contributed by atoms with Crippen LogP contribution in [0.3, 0.4) is 0 Å². The van der Waals surface area contributed by atoms with Crippen molar-refractivity contribution < 1.29 is 18.7 Å². The van der Waals surface area contributed by atoms with Crippen LogP contribution in [0.25, 0.3) is 0 Å². The number of halogens is 1. The Balaban J connectivity index is 0.00000151. The number of nitrogens with two attached hydrogens (primary N) is 1. The van der Waals surface area contributed by atoms with Crippen LogP contribution in [0.1, 0.15) is 37.0 Å². The second kappa shape index (κ2) is 10.5. The maximum atomic E-state index is 13.5. The molecule has 0 aliphatic heterocycles. The highest BCUT2D eigenvalue weighted by atomic mass is 19.1. The number of esters is 1. The van der Waals surface area contributed by atoms with Crippen LogP contribution in [-0.4, -0.2) is 13.1 Å². The van der Waals surface area contributed by atoms with E-state index in [-0.39, 0.29) is 18.3 Å². The highest BCUT2D eigenvalue weighted by Gasteiger charge is 2.07. The molecule has 2 N–H and O–H groups in total. The van der Waals surface area contributed by atoms with Gasteiger partial charge in [-0.1, -0.05) is 19.9 Å². The van der Waals surface area contributed by atoms with Gasteiger partial charge in [0.2, 0.25) is 0 Å². The van der Waals surface area contributed by atoms with Crippen LogP contribution in [0, 0.1) is 12.7 Å². The Labute approximate surface area is 148 Å². The Morgan fingerprint density at radius 1 is 1.12 bits per heavy atom. The largest absolute Gasteiger partial charge is 0.469 e. The number of hydrogen-bond acceptors (Lipinski definition) is 4. The summed E-state index contributed by atoms with van der Waals surface area (Å²) in [5.74, 6) is 0.401. The van der Waals surface area contributed by atoms with E-state index in [1.54, 1.807) is 12.1 Å². The third-order valence-electron chi connectivity index (χ3n) is 3.54. The van der Waals surface area contributed by atoms with E-state index in [9.17, 15) is 9.18 Å². The molecule has 4 nitrogen and oxygen atoms in total. The lowest BCUT2D eigenvalue weighted by Crippen LogP contribution is -2.03. The topological polar surface area (TPSA) is 61.5 Å². The minimum Gasteiger partial charge on any atom is -0.469 e. The summed E-state index contributed by atoms with van der Waals surface area (Å²) in [6.45, 7) is 6.19. The summed E-state index contributed by atoms with van der Waals surface area (Å²) >= 11 is 0. The number of benzene rings is 2. The Kier molecular flexibility index (Phi) is 8.64. The van der Waals surface area contributed by atoms with Gasteiger partial charge in [-0.25, -0.2) is 4.39 Å². The van der Waals surface area contributed by atoms with Gasteiger partial charge in [-0.3, -0.25) is 4.79 Å². The molecule has 0 aromatic heterocycles. The summed E-state index contributed by atoms with van der Waals surface area (Å²) in [5.41, 5.74) is 8.25. The number of ether oxygens (including phenoxy) is 2. The monoisotopic (exact) mass is 347 g/mol. The Bertz CT molecular complexity index is 701. The van der Waals surface area contributed by atoms with E-state index < -0.39 is 0 Å². The van der Waals surface area contributed by atoms with Crippen molar-refractivity contribution in [3.63, 3.8) is 0 Å². The molecule has 0 atom stereocenters. The van der Waals surface area contributed by atoms with Crippen LogP contribution in [-0.2, 0) is 22.5 Å². The van der Waals surface area contributed by atoms with Crippen molar-refractivity contribution in [2.75, 3.05) is 7.11 Å². The lowest BCUT2D eigenvalue weighted by molar-refractivity contribution is -0.140. The SMILES string of the molecule is CC.COC(=O)CCc1ccc(Oc2cc(F)cc(CN)c2)cc1C. The van der Waals surface area contributed by atoms with Gasteiger partial charge in [-0.15, -0.1) is 0 Å². The van der Waals surface area contributed by atoms with E-state index in [0.717, 1.165) is 11.1 Å². The highest BCUT2D eigenvalue weighted by molar-refractivity contribution is 5.69. The number of hydrogen-bond donors (Lipinski definition) is 1. The predicted molar refractivity (Wildman–Crippen MR) is 97.2 cm³/mol. The van der Waals surface area contributed by atoms with Crippen molar-refractivity contribution in [3.8, 4) is 11.5 Å². The van der Waals surface area contributed by atoms with E-state index in [1.807, 2.05) is 32.9 Å². The lowest BCUT2D eigenvalue weighted by atomic mass is 10.0. The normalized spacial score (nSPS) is 9.84. The maximum Gasteiger partial charge on any atom is 0.305 e. The highest BCUT2D eigenvalue weighted by Crippen LogP contribution is 2.26. The molecular formula is C20H26FNO3. The quantitative estimate of drug-likeness (QED) is 0.781. The summed E-state index contributed by atoms with van der Waals surface area (Å²) in [6, 6.07) is 9.97. The first kappa shape index (κ1) is 20.6. The number of carbonyl (C=O) groups excluding carboxylic acids is 1. The van der Waals surface area contributed by atoms with Crippen LogP contribution >= 0.6 is 0 Å². The summed E-state index contributed by atoms with van der Waals surface area (Å²) < 4.78 is 23.8. The van der Waals surface area contributed by atoms with Crippen LogP contribution in [0.15, 0.2) is 36.4 Å². The van der Waals surface area contributed by atoms with Crippen molar-refractivity contribution >= 4 is 5.97 Å². The zero-order valence-corrected chi connectivity index (χ0v) is 15.3. The molecule has 0 fully saturated rings. The van der Waals surface area contributed by atoms with Gasteiger partial charge >= 0.3 is 5.97 Å². The Morgan fingerprint density at radius 3 is 2.44 bits per heavy atom. The average molecular weight is 347 g/mol. The number of aryl methyl sites for hydroxylation is 2. The van der Waals surface area contributed by atoms with E-state index in [1.165, 1.54) is 19.2 Å². The molecule has 0 radical (unpaired) electrons.